The summed E-state index contributed by atoms with van der Waals surface area (Å²) in [6.45, 7) is 3.79. The van der Waals surface area contributed by atoms with Crippen molar-refractivity contribution in [3.63, 3.8) is 0 Å². The number of benzene rings is 2. The first-order valence-corrected chi connectivity index (χ1v) is 5.20. The maximum atomic E-state index is 13.2. The SMILES string of the molecule is Cc1cc(-c2cc(N)ccc2C)ccc1F. The second-order valence-corrected chi connectivity index (χ2v) is 4.04. The number of nitrogen functional groups attached to an aromatic ring is 1. The second-order valence-electron chi connectivity index (χ2n) is 4.04. The van der Waals surface area contributed by atoms with E-state index in [0.29, 0.717) is 5.56 Å². The smallest absolute Gasteiger partial charge is 0.126 e. The first-order valence-electron chi connectivity index (χ1n) is 5.20. The zero-order chi connectivity index (χ0) is 11.7. The van der Waals surface area contributed by atoms with Crippen molar-refractivity contribution < 1.29 is 4.39 Å². The number of hydrogen-bond acceptors (Lipinski definition) is 1. The molecule has 16 heavy (non-hydrogen) atoms. The summed E-state index contributed by atoms with van der Waals surface area (Å²) in [5.41, 5.74) is 10.3. The lowest BCUT2D eigenvalue weighted by atomic mass is 9.98. The van der Waals surface area contributed by atoms with E-state index in [2.05, 4.69) is 0 Å². The van der Waals surface area contributed by atoms with E-state index in [4.69, 9.17) is 5.73 Å². The Labute approximate surface area is 94.7 Å². The molecule has 0 saturated heterocycles. The molecule has 0 aliphatic carbocycles. The topological polar surface area (TPSA) is 26.0 Å². The van der Waals surface area contributed by atoms with Crippen molar-refractivity contribution >= 4 is 5.69 Å². The third-order valence-corrected chi connectivity index (χ3v) is 2.73. The average Bonchev–Trinajstić information content (AvgIpc) is 2.26. The first kappa shape index (κ1) is 10.7. The Morgan fingerprint density at radius 1 is 0.938 bits per heavy atom. The van der Waals surface area contributed by atoms with E-state index < -0.39 is 0 Å². The molecule has 2 rings (SSSR count). The van der Waals surface area contributed by atoms with Crippen LogP contribution in [0.4, 0.5) is 10.1 Å². The lowest BCUT2D eigenvalue weighted by molar-refractivity contribution is 0.619. The Morgan fingerprint density at radius 2 is 1.69 bits per heavy atom. The van der Waals surface area contributed by atoms with Gasteiger partial charge in [0.25, 0.3) is 0 Å². The van der Waals surface area contributed by atoms with Crippen molar-refractivity contribution in [1.29, 1.82) is 0 Å². The molecule has 0 radical (unpaired) electrons. The van der Waals surface area contributed by atoms with Crippen LogP contribution < -0.4 is 5.73 Å². The minimum absolute atomic E-state index is 0.176. The Hall–Kier alpha value is -1.83. The first-order chi connectivity index (χ1) is 7.58. The zero-order valence-electron chi connectivity index (χ0n) is 9.42. The third-order valence-electron chi connectivity index (χ3n) is 2.73. The van der Waals surface area contributed by atoms with Crippen molar-refractivity contribution in [2.75, 3.05) is 5.73 Å². The number of hydrogen-bond donors (Lipinski definition) is 1. The van der Waals surface area contributed by atoms with Crippen LogP contribution in [0.25, 0.3) is 11.1 Å². The summed E-state index contributed by atoms with van der Waals surface area (Å²) in [4.78, 5) is 0. The van der Waals surface area contributed by atoms with Gasteiger partial charge in [-0.15, -0.1) is 0 Å². The Balaban J connectivity index is 2.58. The lowest BCUT2D eigenvalue weighted by Crippen LogP contribution is -1.90. The van der Waals surface area contributed by atoms with Crippen molar-refractivity contribution in [2.24, 2.45) is 0 Å². The zero-order valence-corrected chi connectivity index (χ0v) is 9.42. The van der Waals surface area contributed by atoms with E-state index in [9.17, 15) is 4.39 Å². The van der Waals surface area contributed by atoms with Gasteiger partial charge in [-0.1, -0.05) is 12.1 Å². The van der Waals surface area contributed by atoms with Gasteiger partial charge in [-0.2, -0.15) is 0 Å². The fourth-order valence-electron chi connectivity index (χ4n) is 1.76. The summed E-state index contributed by atoms with van der Waals surface area (Å²) >= 11 is 0. The predicted molar refractivity (Wildman–Crippen MR) is 65.7 cm³/mol. The van der Waals surface area contributed by atoms with Crippen LogP contribution in [0.2, 0.25) is 0 Å². The van der Waals surface area contributed by atoms with E-state index in [1.54, 1.807) is 13.0 Å². The number of aryl methyl sites for hydroxylation is 2. The molecule has 0 aliphatic rings. The largest absolute Gasteiger partial charge is 0.399 e. The molecular weight excluding hydrogens is 201 g/mol. The third kappa shape index (κ3) is 1.91. The molecule has 1 nitrogen and oxygen atoms in total. The van der Waals surface area contributed by atoms with Gasteiger partial charge in [0.2, 0.25) is 0 Å². The number of rotatable bonds is 1. The standard InChI is InChI=1S/C14H14FN/c1-9-3-5-12(16)8-13(9)11-4-6-14(15)10(2)7-11/h3-8H,16H2,1-2H3. The van der Waals surface area contributed by atoms with Crippen LogP contribution in [-0.2, 0) is 0 Å². The van der Waals surface area contributed by atoms with Gasteiger partial charge >= 0.3 is 0 Å². The van der Waals surface area contributed by atoms with Crippen molar-refractivity contribution in [3.8, 4) is 11.1 Å². The number of halogens is 1. The van der Waals surface area contributed by atoms with E-state index >= 15 is 0 Å². The van der Waals surface area contributed by atoms with E-state index in [1.165, 1.54) is 6.07 Å². The molecule has 2 aromatic rings. The minimum atomic E-state index is -0.176. The van der Waals surface area contributed by atoms with Gasteiger partial charge in [0.15, 0.2) is 0 Å². The van der Waals surface area contributed by atoms with Gasteiger partial charge in [0, 0.05) is 5.69 Å². The van der Waals surface area contributed by atoms with Crippen LogP contribution in [0.3, 0.4) is 0 Å². The van der Waals surface area contributed by atoms with Gasteiger partial charge in [-0.05, 0) is 60.4 Å². The van der Waals surface area contributed by atoms with E-state index in [1.807, 2.05) is 31.2 Å². The summed E-state index contributed by atoms with van der Waals surface area (Å²) in [6.07, 6.45) is 0. The van der Waals surface area contributed by atoms with E-state index in [0.717, 1.165) is 22.4 Å². The molecule has 0 unspecified atom stereocenters. The van der Waals surface area contributed by atoms with Crippen LogP contribution in [-0.4, -0.2) is 0 Å². The monoisotopic (exact) mass is 215 g/mol. The summed E-state index contributed by atoms with van der Waals surface area (Å²) < 4.78 is 13.2. The van der Waals surface area contributed by atoms with Crippen LogP contribution in [0.15, 0.2) is 36.4 Å². The average molecular weight is 215 g/mol. The van der Waals surface area contributed by atoms with Gasteiger partial charge in [-0.25, -0.2) is 4.39 Å². The molecule has 0 heterocycles. The van der Waals surface area contributed by atoms with Crippen molar-refractivity contribution in [3.05, 3.63) is 53.3 Å². The molecule has 0 spiro atoms. The fourth-order valence-corrected chi connectivity index (χ4v) is 1.76. The fraction of sp³-hybridized carbons (Fsp3) is 0.143. The Morgan fingerprint density at radius 3 is 2.38 bits per heavy atom. The summed E-state index contributed by atoms with van der Waals surface area (Å²) in [7, 11) is 0. The number of anilines is 1. The molecule has 0 amide bonds. The Kier molecular flexibility index (Phi) is 2.65. The van der Waals surface area contributed by atoms with Crippen LogP contribution in [0.1, 0.15) is 11.1 Å². The number of nitrogens with two attached hydrogens (primary N) is 1. The summed E-state index contributed by atoms with van der Waals surface area (Å²) in [6, 6.07) is 10.9. The molecule has 82 valence electrons. The van der Waals surface area contributed by atoms with Crippen LogP contribution in [0, 0.1) is 19.7 Å². The molecule has 0 atom stereocenters. The van der Waals surface area contributed by atoms with Crippen molar-refractivity contribution in [2.45, 2.75) is 13.8 Å². The highest BCUT2D eigenvalue weighted by atomic mass is 19.1. The molecule has 0 aliphatic heterocycles. The van der Waals surface area contributed by atoms with E-state index in [-0.39, 0.29) is 5.82 Å². The van der Waals surface area contributed by atoms with Gasteiger partial charge < -0.3 is 5.73 Å². The molecule has 0 saturated carbocycles. The predicted octanol–water partition coefficient (Wildman–Crippen LogP) is 3.69. The molecular formula is C14H14FN. The van der Waals surface area contributed by atoms with Gasteiger partial charge in [0.1, 0.15) is 5.82 Å². The lowest BCUT2D eigenvalue weighted by Gasteiger charge is -2.08. The van der Waals surface area contributed by atoms with Crippen molar-refractivity contribution in [1.82, 2.24) is 0 Å². The molecule has 0 bridgehead atoms. The highest BCUT2D eigenvalue weighted by molar-refractivity contribution is 5.71. The summed E-state index contributed by atoms with van der Waals surface area (Å²) in [5.74, 6) is -0.176. The molecule has 2 heteroatoms. The summed E-state index contributed by atoms with van der Waals surface area (Å²) in [5, 5.41) is 0. The van der Waals surface area contributed by atoms with Gasteiger partial charge in [0.05, 0.1) is 0 Å². The Bertz CT molecular complexity index is 532. The highest BCUT2D eigenvalue weighted by Gasteiger charge is 2.04. The maximum absolute atomic E-state index is 13.2. The minimum Gasteiger partial charge on any atom is -0.399 e. The normalized spacial score (nSPS) is 10.4. The van der Waals surface area contributed by atoms with Crippen LogP contribution in [0.5, 0.6) is 0 Å². The second kappa shape index (κ2) is 3.97. The molecule has 2 aromatic carbocycles. The molecule has 0 aromatic heterocycles. The molecule has 2 N–H and O–H groups in total. The van der Waals surface area contributed by atoms with Gasteiger partial charge in [-0.3, -0.25) is 0 Å². The van der Waals surface area contributed by atoms with Crippen LogP contribution >= 0.6 is 0 Å². The molecule has 0 fully saturated rings. The maximum Gasteiger partial charge on any atom is 0.126 e. The quantitative estimate of drug-likeness (QED) is 0.721. The highest BCUT2D eigenvalue weighted by Crippen LogP contribution is 2.26.